The summed E-state index contributed by atoms with van der Waals surface area (Å²) in [6.07, 6.45) is 2.34. The molecule has 10 heteroatoms. The van der Waals surface area contributed by atoms with Gasteiger partial charge in [-0.2, -0.15) is 0 Å². The number of guanidine groups is 1. The molecule has 32 heavy (non-hydrogen) atoms. The van der Waals surface area contributed by atoms with Crippen LogP contribution >= 0.6 is 24.0 Å². The van der Waals surface area contributed by atoms with Gasteiger partial charge in [-0.05, 0) is 48.6 Å². The van der Waals surface area contributed by atoms with Crippen molar-refractivity contribution >= 4 is 40.0 Å². The zero-order valence-electron chi connectivity index (χ0n) is 18.0. The fraction of sp³-hybridized carbons (Fsp3) is 0.409. The Balaban J connectivity index is 0.00000363. The van der Waals surface area contributed by atoms with E-state index in [-0.39, 0.29) is 40.8 Å². The van der Waals surface area contributed by atoms with Gasteiger partial charge < -0.3 is 15.4 Å². The molecule has 0 saturated carbocycles. The van der Waals surface area contributed by atoms with Gasteiger partial charge in [0.25, 0.3) is 0 Å². The highest BCUT2D eigenvalue weighted by Gasteiger charge is 2.20. The molecular weight excluding hydrogens is 546 g/mol. The summed E-state index contributed by atoms with van der Waals surface area (Å²) < 4.78 is 46.6. The van der Waals surface area contributed by atoms with Gasteiger partial charge in [0.2, 0.25) is 10.0 Å². The molecule has 1 aliphatic rings. The Morgan fingerprint density at radius 1 is 1.16 bits per heavy atom. The molecule has 0 aliphatic carbocycles. The van der Waals surface area contributed by atoms with Gasteiger partial charge >= 0.3 is 0 Å². The molecule has 7 nitrogen and oxygen atoms in total. The fourth-order valence-corrected chi connectivity index (χ4v) is 4.37. The fourth-order valence-electron chi connectivity index (χ4n) is 3.30. The van der Waals surface area contributed by atoms with Gasteiger partial charge in [-0.1, -0.05) is 30.3 Å². The number of nitrogens with zero attached hydrogens (tertiary/aromatic N) is 1. The lowest BCUT2D eigenvalue weighted by Gasteiger charge is -2.13. The van der Waals surface area contributed by atoms with Crippen molar-refractivity contribution in [2.75, 3.05) is 26.7 Å². The topological polar surface area (TPSA) is 91.8 Å². The van der Waals surface area contributed by atoms with Crippen molar-refractivity contribution < 1.29 is 17.5 Å². The van der Waals surface area contributed by atoms with Crippen molar-refractivity contribution in [1.29, 1.82) is 0 Å². The number of sulfonamides is 1. The summed E-state index contributed by atoms with van der Waals surface area (Å²) in [5.41, 5.74) is 1.56. The zero-order chi connectivity index (χ0) is 22.1. The monoisotopic (exact) mass is 576 g/mol. The number of halogens is 2. The first-order valence-corrected chi connectivity index (χ1v) is 11.8. The third-order valence-corrected chi connectivity index (χ3v) is 6.53. The first kappa shape index (κ1) is 26.5. The minimum Gasteiger partial charge on any atom is -0.377 e. The highest BCUT2D eigenvalue weighted by molar-refractivity contribution is 14.0. The van der Waals surface area contributed by atoms with Crippen LogP contribution in [0.3, 0.4) is 0 Å². The quantitative estimate of drug-likeness (QED) is 0.243. The van der Waals surface area contributed by atoms with Crippen LogP contribution in [0.25, 0.3) is 0 Å². The number of rotatable bonds is 9. The molecule has 0 aromatic heterocycles. The molecule has 3 N–H and O–H groups in total. The van der Waals surface area contributed by atoms with Gasteiger partial charge in [-0.25, -0.2) is 17.5 Å². The van der Waals surface area contributed by atoms with Crippen LogP contribution in [0.4, 0.5) is 4.39 Å². The third kappa shape index (κ3) is 7.98. The van der Waals surface area contributed by atoms with Gasteiger partial charge in [-0.15, -0.1) is 24.0 Å². The molecule has 3 rings (SSSR count). The molecule has 1 aliphatic heterocycles. The Kier molecular flexibility index (Phi) is 10.8. The zero-order valence-corrected chi connectivity index (χ0v) is 21.2. The lowest BCUT2D eigenvalue weighted by atomic mass is 10.1. The molecule has 1 heterocycles. The van der Waals surface area contributed by atoms with Crippen molar-refractivity contribution in [1.82, 2.24) is 15.4 Å². The van der Waals surface area contributed by atoms with Gasteiger partial charge in [0, 0.05) is 33.3 Å². The summed E-state index contributed by atoms with van der Waals surface area (Å²) in [6, 6.07) is 13.4. The largest absolute Gasteiger partial charge is 0.377 e. The maximum atomic E-state index is 13.7. The van der Waals surface area contributed by atoms with Gasteiger partial charge in [0.05, 0.1) is 11.0 Å². The van der Waals surface area contributed by atoms with Crippen molar-refractivity contribution in [3.05, 3.63) is 65.5 Å². The molecule has 0 amide bonds. The highest BCUT2D eigenvalue weighted by Crippen LogP contribution is 2.14. The molecule has 1 fully saturated rings. The van der Waals surface area contributed by atoms with Crippen LogP contribution in [0.1, 0.15) is 24.0 Å². The van der Waals surface area contributed by atoms with E-state index in [4.69, 9.17) is 4.74 Å². The standard InChI is InChI=1S/C22H29FN4O3S.HI/c1-24-22(25-13-12-18-5-2-3-7-21(18)23)26-15-17-8-10-20(11-9-17)31(28,29)27-16-19-6-4-14-30-19;/h2-3,5,7-11,19,27H,4,6,12-16H2,1H3,(H2,24,25,26);1H. The second kappa shape index (κ2) is 13.1. The average molecular weight is 576 g/mol. The number of hydrogen-bond acceptors (Lipinski definition) is 4. The number of ether oxygens (including phenoxy) is 1. The number of hydrogen-bond donors (Lipinski definition) is 3. The molecule has 0 spiro atoms. The smallest absolute Gasteiger partial charge is 0.240 e. The Morgan fingerprint density at radius 2 is 1.91 bits per heavy atom. The predicted octanol–water partition coefficient (Wildman–Crippen LogP) is 2.81. The minimum atomic E-state index is -3.56. The van der Waals surface area contributed by atoms with E-state index in [9.17, 15) is 12.8 Å². The average Bonchev–Trinajstić information content (AvgIpc) is 3.30. The summed E-state index contributed by atoms with van der Waals surface area (Å²) in [6.45, 7) is 1.99. The second-order valence-electron chi connectivity index (χ2n) is 7.32. The number of nitrogens with one attached hydrogen (secondary N) is 3. The van der Waals surface area contributed by atoms with E-state index < -0.39 is 10.0 Å². The second-order valence-corrected chi connectivity index (χ2v) is 9.09. The van der Waals surface area contributed by atoms with E-state index in [1.165, 1.54) is 6.07 Å². The van der Waals surface area contributed by atoms with Crippen molar-refractivity contribution in [2.45, 2.75) is 36.8 Å². The van der Waals surface area contributed by atoms with E-state index in [0.717, 1.165) is 18.4 Å². The molecule has 0 radical (unpaired) electrons. The van der Waals surface area contributed by atoms with Crippen LogP contribution < -0.4 is 15.4 Å². The maximum Gasteiger partial charge on any atom is 0.240 e. The maximum absolute atomic E-state index is 13.7. The first-order chi connectivity index (χ1) is 15.0. The van der Waals surface area contributed by atoms with Crippen LogP contribution in [-0.4, -0.2) is 47.2 Å². The SMILES string of the molecule is CN=C(NCCc1ccccc1F)NCc1ccc(S(=O)(=O)NCC2CCCO2)cc1.I. The highest BCUT2D eigenvalue weighted by atomic mass is 127. The van der Waals surface area contributed by atoms with Crippen LogP contribution in [0.5, 0.6) is 0 Å². The van der Waals surface area contributed by atoms with Crippen molar-refractivity contribution in [2.24, 2.45) is 4.99 Å². The summed E-state index contributed by atoms with van der Waals surface area (Å²) in [5.74, 6) is 0.374. The predicted molar refractivity (Wildman–Crippen MR) is 134 cm³/mol. The van der Waals surface area contributed by atoms with Crippen LogP contribution in [0, 0.1) is 5.82 Å². The van der Waals surface area contributed by atoms with Gasteiger partial charge in [-0.3, -0.25) is 4.99 Å². The number of aliphatic imine (C=N–C) groups is 1. The van der Waals surface area contributed by atoms with Crippen molar-refractivity contribution in [3.8, 4) is 0 Å². The van der Waals surface area contributed by atoms with Crippen LogP contribution in [0.15, 0.2) is 58.4 Å². The van der Waals surface area contributed by atoms with Gasteiger partial charge in [0.1, 0.15) is 5.82 Å². The van der Waals surface area contributed by atoms with Crippen LogP contribution in [-0.2, 0) is 27.7 Å². The minimum absolute atomic E-state index is 0. The Morgan fingerprint density at radius 3 is 2.56 bits per heavy atom. The number of benzene rings is 2. The summed E-state index contributed by atoms with van der Waals surface area (Å²) >= 11 is 0. The molecular formula is C22H30FIN4O3S. The van der Waals surface area contributed by atoms with E-state index >= 15 is 0 Å². The van der Waals surface area contributed by atoms with E-state index in [0.29, 0.717) is 44.2 Å². The summed E-state index contributed by atoms with van der Waals surface area (Å²) in [7, 11) is -1.90. The molecule has 1 atom stereocenters. The Labute approximate surface area is 206 Å². The van der Waals surface area contributed by atoms with E-state index in [2.05, 4.69) is 20.3 Å². The molecule has 2 aromatic rings. The van der Waals surface area contributed by atoms with Crippen LogP contribution in [0.2, 0.25) is 0 Å². The molecule has 0 bridgehead atoms. The van der Waals surface area contributed by atoms with Gasteiger partial charge in [0.15, 0.2) is 5.96 Å². The Hall–Kier alpha value is -1.76. The Bertz CT molecular complexity index is 981. The van der Waals surface area contributed by atoms with E-state index in [1.54, 1.807) is 43.4 Å². The third-order valence-electron chi connectivity index (χ3n) is 5.09. The summed E-state index contributed by atoms with van der Waals surface area (Å²) in [4.78, 5) is 4.38. The molecule has 2 aromatic carbocycles. The first-order valence-electron chi connectivity index (χ1n) is 10.4. The lowest BCUT2D eigenvalue weighted by Crippen LogP contribution is -2.37. The lowest BCUT2D eigenvalue weighted by molar-refractivity contribution is 0.114. The summed E-state index contributed by atoms with van der Waals surface area (Å²) in [5, 5.41) is 6.32. The van der Waals surface area contributed by atoms with E-state index in [1.807, 2.05) is 6.07 Å². The normalized spacial score (nSPS) is 16.4. The molecule has 1 unspecified atom stereocenters. The van der Waals surface area contributed by atoms with Crippen molar-refractivity contribution in [3.63, 3.8) is 0 Å². The molecule has 176 valence electrons. The molecule has 1 saturated heterocycles.